The zero-order valence-electron chi connectivity index (χ0n) is 11.5. The van der Waals surface area contributed by atoms with E-state index in [0.717, 1.165) is 17.7 Å². The molecule has 8 heteroatoms. The maximum atomic E-state index is 11.8. The molecule has 2 amide bonds. The topological polar surface area (TPSA) is 101 Å². The Labute approximate surface area is 128 Å². The smallest absolute Gasteiger partial charge is 0.315 e. The molecule has 0 radical (unpaired) electrons. The minimum Gasteiger partial charge on any atom is -0.338 e. The van der Waals surface area contributed by atoms with E-state index in [4.69, 9.17) is 5.14 Å². The Balaban J connectivity index is 1.81. The van der Waals surface area contributed by atoms with Gasteiger partial charge in [0.15, 0.2) is 0 Å². The molecule has 0 saturated carbocycles. The average Bonchev–Trinajstić information content (AvgIpc) is 2.43. The number of urea groups is 1. The number of sulfonamides is 1. The molecule has 6 nitrogen and oxygen atoms in total. The molecule has 0 saturated heterocycles. The predicted molar refractivity (Wildman–Crippen MR) is 83.6 cm³/mol. The van der Waals surface area contributed by atoms with Crippen molar-refractivity contribution in [2.24, 2.45) is 5.14 Å². The molecule has 1 aliphatic rings. The van der Waals surface area contributed by atoms with E-state index < -0.39 is 10.0 Å². The predicted octanol–water partition coefficient (Wildman–Crippen LogP) is 1.20. The van der Waals surface area contributed by atoms with E-state index in [1.165, 1.54) is 4.90 Å². The van der Waals surface area contributed by atoms with Gasteiger partial charge in [0.2, 0.25) is 10.0 Å². The monoisotopic (exact) mass is 329 g/mol. The fourth-order valence-corrected chi connectivity index (χ4v) is 3.85. The van der Waals surface area contributed by atoms with Crippen molar-refractivity contribution in [3.63, 3.8) is 0 Å². The van der Waals surface area contributed by atoms with Crippen LogP contribution in [0.1, 0.15) is 24.4 Å². The van der Waals surface area contributed by atoms with Crippen molar-refractivity contribution in [2.75, 3.05) is 18.1 Å². The van der Waals surface area contributed by atoms with Gasteiger partial charge in [0.1, 0.15) is 0 Å². The first-order valence-corrected chi connectivity index (χ1v) is 9.42. The van der Waals surface area contributed by atoms with Gasteiger partial charge in [0.05, 0.1) is 11.8 Å². The Bertz CT molecular complexity index is 604. The quantitative estimate of drug-likeness (QED) is 0.707. The highest BCUT2D eigenvalue weighted by Crippen LogP contribution is 2.35. The molecular weight excluding hydrogens is 310 g/mol. The lowest BCUT2D eigenvalue weighted by Gasteiger charge is -2.25. The van der Waals surface area contributed by atoms with Gasteiger partial charge < -0.3 is 10.6 Å². The second-order valence-electron chi connectivity index (χ2n) is 4.85. The summed E-state index contributed by atoms with van der Waals surface area (Å²) in [5, 5.41) is 10.5. The standard InChI is InChI=1S/C13H19N3O3S2/c14-21(18,19)9-3-7-15-13(17)16-11-6-8-20-12-5-2-1-4-10(11)12/h1-2,4-5,11H,3,6-9H2,(H2,14,18,19)(H2,15,16,17)/t11-/m1/s1. The fourth-order valence-electron chi connectivity index (χ4n) is 2.18. The number of carbonyl (C=O) groups excluding carboxylic acids is 1. The number of hydrogen-bond donors (Lipinski definition) is 3. The van der Waals surface area contributed by atoms with Gasteiger partial charge in [0, 0.05) is 17.2 Å². The lowest BCUT2D eigenvalue weighted by Crippen LogP contribution is -2.39. The largest absolute Gasteiger partial charge is 0.338 e. The summed E-state index contributed by atoms with van der Waals surface area (Å²) < 4.78 is 21.6. The van der Waals surface area contributed by atoms with E-state index in [1.807, 2.05) is 18.2 Å². The number of primary sulfonamides is 1. The summed E-state index contributed by atoms with van der Waals surface area (Å²) in [6, 6.07) is 7.74. The molecule has 1 atom stereocenters. The normalized spacial score (nSPS) is 17.9. The van der Waals surface area contributed by atoms with Crippen LogP contribution in [0.5, 0.6) is 0 Å². The Morgan fingerprint density at radius 1 is 1.38 bits per heavy atom. The van der Waals surface area contributed by atoms with Gasteiger partial charge in [-0.2, -0.15) is 0 Å². The minimum atomic E-state index is -3.46. The van der Waals surface area contributed by atoms with Crippen LogP contribution in [-0.4, -0.2) is 32.5 Å². The molecule has 0 aliphatic carbocycles. The Kier molecular flexibility index (Phi) is 5.49. The van der Waals surface area contributed by atoms with Gasteiger partial charge in [0.25, 0.3) is 0 Å². The SMILES string of the molecule is NS(=O)(=O)CCCNC(=O)N[C@@H]1CCSc2ccccc21. The van der Waals surface area contributed by atoms with Crippen molar-refractivity contribution in [3.05, 3.63) is 29.8 Å². The van der Waals surface area contributed by atoms with Crippen LogP contribution in [0.3, 0.4) is 0 Å². The van der Waals surface area contributed by atoms with Crippen LogP contribution in [0.4, 0.5) is 4.79 Å². The van der Waals surface area contributed by atoms with Crippen LogP contribution in [0.2, 0.25) is 0 Å². The lowest BCUT2D eigenvalue weighted by atomic mass is 10.0. The van der Waals surface area contributed by atoms with Crippen LogP contribution >= 0.6 is 11.8 Å². The van der Waals surface area contributed by atoms with Gasteiger partial charge in [-0.3, -0.25) is 0 Å². The van der Waals surface area contributed by atoms with Crippen LogP contribution < -0.4 is 15.8 Å². The first kappa shape index (κ1) is 16.1. The third-order valence-corrected chi connectivity index (χ3v) is 5.14. The summed E-state index contributed by atoms with van der Waals surface area (Å²) in [6.45, 7) is 0.283. The number of thioether (sulfide) groups is 1. The maximum absolute atomic E-state index is 11.8. The average molecular weight is 329 g/mol. The second-order valence-corrected chi connectivity index (χ2v) is 7.72. The van der Waals surface area contributed by atoms with E-state index in [9.17, 15) is 13.2 Å². The number of hydrogen-bond acceptors (Lipinski definition) is 4. The highest BCUT2D eigenvalue weighted by molar-refractivity contribution is 7.99. The summed E-state index contributed by atoms with van der Waals surface area (Å²) in [7, 11) is -3.46. The molecule has 4 N–H and O–H groups in total. The first-order valence-electron chi connectivity index (χ1n) is 6.72. The molecule has 0 fully saturated rings. The molecule has 0 aromatic heterocycles. The van der Waals surface area contributed by atoms with Crippen LogP contribution in [-0.2, 0) is 10.0 Å². The summed E-state index contributed by atoms with van der Waals surface area (Å²) in [6.07, 6.45) is 1.19. The molecule has 116 valence electrons. The highest BCUT2D eigenvalue weighted by Gasteiger charge is 2.21. The third kappa shape index (κ3) is 5.22. The van der Waals surface area contributed by atoms with Crippen molar-refractivity contribution in [3.8, 4) is 0 Å². The van der Waals surface area contributed by atoms with E-state index in [0.29, 0.717) is 6.42 Å². The van der Waals surface area contributed by atoms with Crippen molar-refractivity contribution < 1.29 is 13.2 Å². The van der Waals surface area contributed by atoms with Gasteiger partial charge in [-0.15, -0.1) is 11.8 Å². The molecule has 0 unspecified atom stereocenters. The Morgan fingerprint density at radius 2 is 2.14 bits per heavy atom. The molecule has 1 heterocycles. The molecular formula is C13H19N3O3S2. The van der Waals surface area contributed by atoms with E-state index >= 15 is 0 Å². The van der Waals surface area contributed by atoms with Crippen molar-refractivity contribution in [1.82, 2.24) is 10.6 Å². The molecule has 0 spiro atoms. The maximum Gasteiger partial charge on any atom is 0.315 e. The molecule has 2 rings (SSSR count). The zero-order chi connectivity index (χ0) is 15.3. The Hall–Kier alpha value is -1.25. The van der Waals surface area contributed by atoms with Crippen molar-refractivity contribution in [2.45, 2.75) is 23.8 Å². The fraction of sp³-hybridized carbons (Fsp3) is 0.462. The van der Waals surface area contributed by atoms with Gasteiger partial charge in [-0.05, 0) is 24.5 Å². The molecule has 1 aromatic rings. The number of carbonyl (C=O) groups is 1. The number of fused-ring (bicyclic) bond motifs is 1. The number of nitrogens with two attached hydrogens (primary N) is 1. The van der Waals surface area contributed by atoms with E-state index in [-0.39, 0.29) is 24.4 Å². The van der Waals surface area contributed by atoms with Crippen LogP contribution in [0.15, 0.2) is 29.2 Å². The van der Waals surface area contributed by atoms with Gasteiger partial charge in [-0.1, -0.05) is 18.2 Å². The second kappa shape index (κ2) is 7.15. The first-order chi connectivity index (χ1) is 9.96. The molecule has 21 heavy (non-hydrogen) atoms. The van der Waals surface area contributed by atoms with Gasteiger partial charge in [-0.25, -0.2) is 18.4 Å². The number of amides is 2. The summed E-state index contributed by atoms with van der Waals surface area (Å²) in [5.74, 6) is 0.837. The molecule has 0 bridgehead atoms. The van der Waals surface area contributed by atoms with Crippen molar-refractivity contribution in [1.29, 1.82) is 0 Å². The van der Waals surface area contributed by atoms with E-state index in [1.54, 1.807) is 11.8 Å². The number of rotatable bonds is 5. The summed E-state index contributed by atoms with van der Waals surface area (Å²) >= 11 is 1.79. The van der Waals surface area contributed by atoms with Crippen LogP contribution in [0.25, 0.3) is 0 Å². The van der Waals surface area contributed by atoms with Crippen LogP contribution in [0, 0.1) is 0 Å². The number of nitrogens with one attached hydrogen (secondary N) is 2. The molecule has 1 aromatic carbocycles. The summed E-state index contributed by atoms with van der Waals surface area (Å²) in [4.78, 5) is 13.0. The van der Waals surface area contributed by atoms with Gasteiger partial charge >= 0.3 is 6.03 Å². The van der Waals surface area contributed by atoms with E-state index in [2.05, 4.69) is 16.7 Å². The number of benzene rings is 1. The van der Waals surface area contributed by atoms with Crippen molar-refractivity contribution >= 4 is 27.8 Å². The lowest BCUT2D eigenvalue weighted by molar-refractivity contribution is 0.236. The minimum absolute atomic E-state index is 0.000640. The zero-order valence-corrected chi connectivity index (χ0v) is 13.2. The highest BCUT2D eigenvalue weighted by atomic mass is 32.2. The summed E-state index contributed by atoms with van der Waals surface area (Å²) in [5.41, 5.74) is 1.13. The Morgan fingerprint density at radius 3 is 2.90 bits per heavy atom. The molecule has 1 aliphatic heterocycles. The third-order valence-electron chi connectivity index (χ3n) is 3.16.